The number of benzene rings is 1. The predicted octanol–water partition coefficient (Wildman–Crippen LogP) is 1.94. The molecule has 0 aliphatic carbocycles. The highest BCUT2D eigenvalue weighted by atomic mass is 32.2. The summed E-state index contributed by atoms with van der Waals surface area (Å²) >= 11 is 0. The molecule has 0 saturated carbocycles. The summed E-state index contributed by atoms with van der Waals surface area (Å²) in [7, 11) is -2.06. The van der Waals surface area contributed by atoms with E-state index in [1.165, 1.54) is 18.0 Å². The number of aryl methyl sites for hydroxylation is 1. The summed E-state index contributed by atoms with van der Waals surface area (Å²) < 4.78 is 31.5. The van der Waals surface area contributed by atoms with E-state index in [1.54, 1.807) is 37.4 Å². The summed E-state index contributed by atoms with van der Waals surface area (Å²) in [6.07, 6.45) is 4.01. The zero-order valence-electron chi connectivity index (χ0n) is 14.3. The standard InChI is InChI=1S/C16H17N5O4S/c1-10-13(16(22)25-2)8-21-14(10)15(17-9-18-21)19-11-5-4-6-12(7-11)20-26(3,23)24/h4-9,20H,1-3H3,(H,17,18,19). The molecule has 136 valence electrons. The second-order valence-corrected chi connectivity index (χ2v) is 7.39. The van der Waals surface area contributed by atoms with Crippen LogP contribution in [-0.4, -0.2) is 42.4 Å². The number of anilines is 3. The SMILES string of the molecule is COC(=O)c1cn2ncnc(Nc3cccc(NS(C)(=O)=O)c3)c2c1C. The highest BCUT2D eigenvalue weighted by Crippen LogP contribution is 2.26. The molecule has 0 saturated heterocycles. The van der Waals surface area contributed by atoms with Crippen LogP contribution in [0.25, 0.3) is 5.52 Å². The lowest BCUT2D eigenvalue weighted by Gasteiger charge is -2.10. The van der Waals surface area contributed by atoms with Gasteiger partial charge in [0.2, 0.25) is 10.0 Å². The first-order valence-corrected chi connectivity index (χ1v) is 9.44. The van der Waals surface area contributed by atoms with E-state index >= 15 is 0 Å². The Morgan fingerprint density at radius 1 is 1.27 bits per heavy atom. The first-order chi connectivity index (χ1) is 12.3. The van der Waals surface area contributed by atoms with Gasteiger partial charge in [0.25, 0.3) is 0 Å². The van der Waals surface area contributed by atoms with Crippen LogP contribution in [0.1, 0.15) is 15.9 Å². The van der Waals surface area contributed by atoms with Crippen LogP contribution in [0.3, 0.4) is 0 Å². The van der Waals surface area contributed by atoms with Crippen molar-refractivity contribution in [3.8, 4) is 0 Å². The van der Waals surface area contributed by atoms with Gasteiger partial charge in [0.05, 0.1) is 24.6 Å². The number of methoxy groups -OCH3 is 1. The molecule has 0 bridgehead atoms. The van der Waals surface area contributed by atoms with Crippen molar-refractivity contribution < 1.29 is 17.9 Å². The van der Waals surface area contributed by atoms with Crippen LogP contribution in [0.15, 0.2) is 36.8 Å². The van der Waals surface area contributed by atoms with Crippen molar-refractivity contribution in [3.63, 3.8) is 0 Å². The Morgan fingerprint density at radius 2 is 2.00 bits per heavy atom. The summed E-state index contributed by atoms with van der Waals surface area (Å²) in [5.41, 5.74) is 2.73. The predicted molar refractivity (Wildman–Crippen MR) is 97.3 cm³/mol. The zero-order chi connectivity index (χ0) is 18.9. The summed E-state index contributed by atoms with van der Waals surface area (Å²) in [6, 6.07) is 6.75. The number of nitrogens with one attached hydrogen (secondary N) is 2. The lowest BCUT2D eigenvalue weighted by Crippen LogP contribution is -2.09. The molecule has 2 N–H and O–H groups in total. The number of aromatic nitrogens is 3. The lowest BCUT2D eigenvalue weighted by molar-refractivity contribution is 0.0600. The van der Waals surface area contributed by atoms with Crippen molar-refractivity contribution in [2.75, 3.05) is 23.4 Å². The lowest BCUT2D eigenvalue weighted by atomic mass is 10.2. The molecule has 0 radical (unpaired) electrons. The molecule has 0 aliphatic rings. The van der Waals surface area contributed by atoms with Crippen molar-refractivity contribution >= 4 is 38.7 Å². The molecule has 10 heteroatoms. The second kappa shape index (κ2) is 6.64. The van der Waals surface area contributed by atoms with E-state index in [-0.39, 0.29) is 0 Å². The van der Waals surface area contributed by atoms with Gasteiger partial charge in [0, 0.05) is 11.9 Å². The number of fused-ring (bicyclic) bond motifs is 1. The number of carbonyl (C=O) groups excluding carboxylic acids is 1. The minimum absolute atomic E-state index is 0.392. The number of sulfonamides is 1. The fourth-order valence-electron chi connectivity index (χ4n) is 2.58. The van der Waals surface area contributed by atoms with Gasteiger partial charge in [-0.25, -0.2) is 22.7 Å². The fraction of sp³-hybridized carbons (Fsp3) is 0.188. The maximum absolute atomic E-state index is 11.9. The van der Waals surface area contributed by atoms with Crippen LogP contribution in [-0.2, 0) is 14.8 Å². The smallest absolute Gasteiger partial charge is 0.339 e. The number of nitrogens with zero attached hydrogens (tertiary/aromatic N) is 3. The normalized spacial score (nSPS) is 11.3. The molecular formula is C16H17N5O4S. The van der Waals surface area contributed by atoms with Gasteiger partial charge in [-0.3, -0.25) is 4.72 Å². The van der Waals surface area contributed by atoms with Gasteiger partial charge in [0.15, 0.2) is 5.82 Å². The van der Waals surface area contributed by atoms with Crippen molar-refractivity contribution in [1.29, 1.82) is 0 Å². The number of rotatable bonds is 5. The molecule has 0 atom stereocenters. The molecule has 26 heavy (non-hydrogen) atoms. The number of carbonyl (C=O) groups is 1. The first kappa shape index (κ1) is 17.7. The number of hydrogen-bond donors (Lipinski definition) is 2. The second-order valence-electron chi connectivity index (χ2n) is 5.64. The van der Waals surface area contributed by atoms with Crippen molar-refractivity contribution in [2.45, 2.75) is 6.92 Å². The van der Waals surface area contributed by atoms with Gasteiger partial charge in [-0.15, -0.1) is 0 Å². The Hall–Kier alpha value is -3.14. The average Bonchev–Trinajstić information content (AvgIpc) is 2.91. The summed E-state index contributed by atoms with van der Waals surface area (Å²) in [5, 5.41) is 7.24. The molecular weight excluding hydrogens is 358 g/mol. The van der Waals surface area contributed by atoms with Crippen LogP contribution in [0.5, 0.6) is 0 Å². The molecule has 0 unspecified atom stereocenters. The minimum atomic E-state index is -3.38. The molecule has 2 aromatic heterocycles. The van der Waals surface area contributed by atoms with E-state index in [9.17, 15) is 13.2 Å². The maximum Gasteiger partial charge on any atom is 0.339 e. The van der Waals surface area contributed by atoms with Gasteiger partial charge in [-0.05, 0) is 30.7 Å². The molecule has 2 heterocycles. The van der Waals surface area contributed by atoms with E-state index in [1.807, 2.05) is 0 Å². The van der Waals surface area contributed by atoms with Crippen LogP contribution in [0.4, 0.5) is 17.2 Å². The third-order valence-electron chi connectivity index (χ3n) is 3.66. The maximum atomic E-state index is 11.9. The average molecular weight is 375 g/mol. The Labute approximate surface area is 150 Å². The molecule has 0 fully saturated rings. The van der Waals surface area contributed by atoms with Crippen LogP contribution < -0.4 is 10.0 Å². The fourth-order valence-corrected chi connectivity index (χ4v) is 3.13. The highest BCUT2D eigenvalue weighted by Gasteiger charge is 2.18. The van der Waals surface area contributed by atoms with E-state index in [4.69, 9.17) is 4.74 Å². The van der Waals surface area contributed by atoms with E-state index in [2.05, 4.69) is 20.1 Å². The highest BCUT2D eigenvalue weighted by molar-refractivity contribution is 7.92. The Balaban J connectivity index is 2.01. The Morgan fingerprint density at radius 3 is 2.69 bits per heavy atom. The number of hydrogen-bond acceptors (Lipinski definition) is 7. The van der Waals surface area contributed by atoms with Crippen molar-refractivity contribution in [3.05, 3.63) is 47.9 Å². The zero-order valence-corrected chi connectivity index (χ0v) is 15.2. The number of esters is 1. The van der Waals surface area contributed by atoms with E-state index < -0.39 is 16.0 Å². The topological polar surface area (TPSA) is 115 Å². The van der Waals surface area contributed by atoms with Crippen LogP contribution >= 0.6 is 0 Å². The van der Waals surface area contributed by atoms with Crippen molar-refractivity contribution in [2.24, 2.45) is 0 Å². The Bertz CT molecular complexity index is 1090. The third kappa shape index (κ3) is 3.59. The van der Waals surface area contributed by atoms with Crippen LogP contribution in [0, 0.1) is 6.92 Å². The van der Waals surface area contributed by atoms with Gasteiger partial charge in [0.1, 0.15) is 11.8 Å². The summed E-state index contributed by atoms with van der Waals surface area (Å²) in [6.45, 7) is 1.78. The van der Waals surface area contributed by atoms with Crippen molar-refractivity contribution in [1.82, 2.24) is 14.6 Å². The molecule has 0 aliphatic heterocycles. The van der Waals surface area contributed by atoms with Gasteiger partial charge in [-0.2, -0.15) is 5.10 Å². The molecule has 0 amide bonds. The minimum Gasteiger partial charge on any atom is -0.465 e. The quantitative estimate of drug-likeness (QED) is 0.655. The Kier molecular flexibility index (Phi) is 4.51. The van der Waals surface area contributed by atoms with Gasteiger partial charge < -0.3 is 10.1 Å². The molecule has 3 rings (SSSR count). The van der Waals surface area contributed by atoms with E-state index in [0.717, 1.165) is 6.26 Å². The third-order valence-corrected chi connectivity index (χ3v) is 4.27. The first-order valence-electron chi connectivity index (χ1n) is 7.54. The summed E-state index contributed by atoms with van der Waals surface area (Å²) in [4.78, 5) is 16.1. The molecule has 0 spiro atoms. The largest absolute Gasteiger partial charge is 0.465 e. The van der Waals surface area contributed by atoms with Gasteiger partial charge in [-0.1, -0.05) is 6.07 Å². The monoisotopic (exact) mass is 375 g/mol. The molecule has 1 aromatic carbocycles. The molecule has 3 aromatic rings. The number of ether oxygens (including phenoxy) is 1. The van der Waals surface area contributed by atoms with Gasteiger partial charge >= 0.3 is 5.97 Å². The van der Waals surface area contributed by atoms with Crippen LogP contribution in [0.2, 0.25) is 0 Å². The summed E-state index contributed by atoms with van der Waals surface area (Å²) in [5.74, 6) is 0.0162. The molecule has 9 nitrogen and oxygen atoms in total. The van der Waals surface area contributed by atoms with E-state index in [0.29, 0.717) is 33.8 Å².